The van der Waals surface area contributed by atoms with Crippen molar-refractivity contribution in [1.82, 2.24) is 25.4 Å². The van der Waals surface area contributed by atoms with Gasteiger partial charge in [0.25, 0.3) is 17.7 Å². The molecule has 4 aromatic rings. The van der Waals surface area contributed by atoms with Gasteiger partial charge in [-0.2, -0.15) is 0 Å². The van der Waals surface area contributed by atoms with Gasteiger partial charge in [0.1, 0.15) is 29.5 Å². The number of nitrogens with zero attached hydrogens (tertiary/aromatic N) is 3. The number of fused-ring (bicyclic) bond motifs is 2. The fourth-order valence-corrected chi connectivity index (χ4v) is 9.63. The van der Waals surface area contributed by atoms with Gasteiger partial charge in [0.15, 0.2) is 6.61 Å². The Morgan fingerprint density at radius 2 is 1.61 bits per heavy atom. The third-order valence-electron chi connectivity index (χ3n) is 13.5. The van der Waals surface area contributed by atoms with E-state index >= 15 is 0 Å². The summed E-state index contributed by atoms with van der Waals surface area (Å²) in [6, 6.07) is 17.4. The predicted octanol–water partition coefficient (Wildman–Crippen LogP) is 5.31. The zero-order valence-electron chi connectivity index (χ0n) is 38.5. The van der Waals surface area contributed by atoms with E-state index in [-0.39, 0.29) is 105 Å². The summed E-state index contributed by atoms with van der Waals surface area (Å²) in [5.74, 6) is -2.20. The van der Waals surface area contributed by atoms with Crippen molar-refractivity contribution in [2.45, 2.75) is 82.8 Å². The van der Waals surface area contributed by atoms with Gasteiger partial charge in [-0.25, -0.2) is 4.39 Å². The highest BCUT2D eigenvalue weighted by Crippen LogP contribution is 2.41. The predicted molar refractivity (Wildman–Crippen MR) is 249 cm³/mol. The Hall–Kier alpha value is -6.79. The second-order valence-corrected chi connectivity index (χ2v) is 17.9. The molecule has 0 bridgehead atoms. The number of carbonyl (C=O) groups is 7. The number of halogens is 1. The van der Waals surface area contributed by atoms with E-state index in [2.05, 4.69) is 20.9 Å². The molecule has 1 saturated carbocycles. The van der Waals surface area contributed by atoms with E-state index in [4.69, 9.17) is 18.9 Å². The topological polar surface area (TPSA) is 212 Å². The van der Waals surface area contributed by atoms with Gasteiger partial charge in [0, 0.05) is 62.1 Å². The largest absolute Gasteiger partial charge is 0.490 e. The number of anilines is 1. The van der Waals surface area contributed by atoms with E-state index in [1.165, 1.54) is 24.3 Å². The molecule has 1 aromatic heterocycles. The molecule has 8 rings (SSSR count). The number of nitrogens with one attached hydrogen (secondary N) is 3. The highest BCUT2D eigenvalue weighted by molar-refractivity contribution is 6.24. The van der Waals surface area contributed by atoms with Gasteiger partial charge in [-0.1, -0.05) is 13.0 Å². The number of hydrogen-bond donors (Lipinski definition) is 3. The first-order valence-corrected chi connectivity index (χ1v) is 23.7. The van der Waals surface area contributed by atoms with E-state index in [1.54, 1.807) is 18.3 Å². The van der Waals surface area contributed by atoms with Crippen molar-refractivity contribution in [1.29, 1.82) is 0 Å². The zero-order chi connectivity index (χ0) is 48.4. The van der Waals surface area contributed by atoms with Crippen LogP contribution in [0.3, 0.4) is 0 Å². The molecule has 1 aliphatic carbocycles. The van der Waals surface area contributed by atoms with E-state index < -0.39 is 42.2 Å². The molecule has 2 atom stereocenters. The molecule has 1 unspecified atom stereocenters. The molecular weight excluding hydrogens is 892 g/mol. The van der Waals surface area contributed by atoms with Crippen molar-refractivity contribution in [3.05, 3.63) is 95.4 Å². The molecule has 7 amide bonds. The van der Waals surface area contributed by atoms with Crippen LogP contribution in [0, 0.1) is 17.7 Å². The molecule has 18 heteroatoms. The number of amides is 7. The minimum Gasteiger partial charge on any atom is -0.490 e. The highest BCUT2D eigenvalue weighted by Gasteiger charge is 2.46. The van der Waals surface area contributed by atoms with Gasteiger partial charge in [0.2, 0.25) is 23.6 Å². The average Bonchev–Trinajstić information content (AvgIpc) is 3.61. The van der Waals surface area contributed by atoms with Crippen LogP contribution in [-0.4, -0.2) is 121 Å². The molecule has 17 nitrogen and oxygen atoms in total. The average molecular weight is 949 g/mol. The van der Waals surface area contributed by atoms with Gasteiger partial charge in [-0.3, -0.25) is 48.8 Å². The number of carbonyl (C=O) groups excluding carboxylic acids is 7. The first kappa shape index (κ1) is 48.7. The monoisotopic (exact) mass is 948 g/mol. The van der Waals surface area contributed by atoms with Gasteiger partial charge in [-0.05, 0) is 110 Å². The Morgan fingerprint density at radius 3 is 2.36 bits per heavy atom. The number of likely N-dealkylation sites (tertiary alicyclic amines) is 1. The van der Waals surface area contributed by atoms with Crippen LogP contribution >= 0.6 is 0 Å². The van der Waals surface area contributed by atoms with Gasteiger partial charge >= 0.3 is 0 Å². The van der Waals surface area contributed by atoms with Crippen molar-refractivity contribution in [2.24, 2.45) is 11.8 Å². The Balaban J connectivity index is 0.649. The maximum Gasteiger partial charge on any atom is 0.266 e. The zero-order valence-corrected chi connectivity index (χ0v) is 38.5. The number of benzene rings is 3. The number of ether oxygens (including phenoxy) is 4. The van der Waals surface area contributed by atoms with Crippen LogP contribution in [0.15, 0.2) is 72.9 Å². The Labute approximate surface area is 398 Å². The number of hydrogen-bond acceptors (Lipinski definition) is 12. The normalized spacial score (nSPS) is 20.1. The molecule has 4 heterocycles. The fourth-order valence-electron chi connectivity index (χ4n) is 9.63. The van der Waals surface area contributed by atoms with E-state index in [0.717, 1.165) is 47.0 Å². The van der Waals surface area contributed by atoms with Crippen LogP contribution in [-0.2, 0) is 33.4 Å². The maximum absolute atomic E-state index is 14.0. The summed E-state index contributed by atoms with van der Waals surface area (Å²) in [5, 5.41) is 8.75. The third kappa shape index (κ3) is 11.9. The van der Waals surface area contributed by atoms with Crippen LogP contribution < -0.4 is 25.4 Å². The van der Waals surface area contributed by atoms with E-state index in [9.17, 15) is 38.0 Å². The number of rotatable bonds is 19. The summed E-state index contributed by atoms with van der Waals surface area (Å²) in [7, 11) is 0. The van der Waals surface area contributed by atoms with Gasteiger partial charge in [0.05, 0.1) is 49.5 Å². The number of pyridine rings is 1. The summed E-state index contributed by atoms with van der Waals surface area (Å²) in [5.41, 5.74) is 2.64. The summed E-state index contributed by atoms with van der Waals surface area (Å²) < 4.78 is 37.0. The summed E-state index contributed by atoms with van der Waals surface area (Å²) in [6.07, 6.45) is 7.11. The number of piperidine rings is 2. The summed E-state index contributed by atoms with van der Waals surface area (Å²) in [6.45, 7) is 3.84. The Morgan fingerprint density at radius 1 is 0.855 bits per heavy atom. The van der Waals surface area contributed by atoms with Crippen LogP contribution in [0.25, 0.3) is 10.9 Å². The molecule has 0 spiro atoms. The molecule has 3 aliphatic heterocycles. The quantitative estimate of drug-likeness (QED) is 0.0807. The van der Waals surface area contributed by atoms with Crippen LogP contribution in [0.4, 0.5) is 10.1 Å². The molecular formula is C51H57FN6O11. The maximum atomic E-state index is 14.0. The van der Waals surface area contributed by atoms with Crippen molar-refractivity contribution in [3.63, 3.8) is 0 Å². The molecule has 4 aliphatic rings. The molecule has 0 radical (unpaired) electrons. The lowest BCUT2D eigenvalue weighted by Crippen LogP contribution is -2.54. The first-order chi connectivity index (χ1) is 33.4. The van der Waals surface area contributed by atoms with Crippen LogP contribution in [0.5, 0.6) is 11.5 Å². The van der Waals surface area contributed by atoms with Gasteiger partial charge < -0.3 is 34.5 Å². The van der Waals surface area contributed by atoms with Gasteiger partial charge in [-0.15, -0.1) is 0 Å². The van der Waals surface area contributed by atoms with Crippen molar-refractivity contribution in [3.8, 4) is 11.5 Å². The third-order valence-corrected chi connectivity index (χ3v) is 13.5. The molecule has 364 valence electrons. The molecule has 2 saturated heterocycles. The second-order valence-electron chi connectivity index (χ2n) is 17.9. The molecule has 3 fully saturated rings. The molecule has 69 heavy (non-hydrogen) atoms. The minimum absolute atomic E-state index is 0.00174. The summed E-state index contributed by atoms with van der Waals surface area (Å²) in [4.78, 5) is 95.8. The van der Waals surface area contributed by atoms with E-state index in [1.807, 2.05) is 42.2 Å². The standard InChI is InChI=1S/C51H57FN6O11/c1-31(32-5-7-33(8-6-32)38-17-21-53-41-14-9-34(52)29-40(38)41)48(62)55-35-10-12-36(13-11-35)69-37-18-23-57(24-19-37)46(61)20-25-66-27-28-67-26-22-54-45(60)30-68-43-4-2-3-39-47(43)51(65)58(50(39)64)42-15-16-44(59)56-49(42)63/h2-4,9-14,17,21,29,31-33,37,42H,5-8,15-16,18-20,22-28,30H2,1H3,(H,54,60)(H,55,62)(H,56,59,63)/t31-,32-,33+,42?/m1/s1. The highest BCUT2D eigenvalue weighted by atomic mass is 19.1. The van der Waals surface area contributed by atoms with Crippen molar-refractivity contribution >= 4 is 57.9 Å². The SMILES string of the molecule is C[C@@H](C(=O)Nc1ccc(OC2CCN(C(=O)CCOCCOCCNC(=O)COc3cccc4c3C(=O)N(C3CCC(=O)NC3=O)C4=O)CC2)cc1)[C@H]1CC[C@@H](c2ccnc3ccc(F)cc32)CC1. The molecule has 3 N–H and O–H groups in total. The minimum atomic E-state index is -1.12. The lowest BCUT2D eigenvalue weighted by atomic mass is 9.73. The second kappa shape index (κ2) is 22.5. The van der Waals surface area contributed by atoms with Crippen molar-refractivity contribution in [2.75, 3.05) is 58.0 Å². The number of aromatic nitrogens is 1. The van der Waals surface area contributed by atoms with Crippen LogP contribution in [0.1, 0.15) is 96.9 Å². The van der Waals surface area contributed by atoms with E-state index in [0.29, 0.717) is 43.3 Å². The lowest BCUT2D eigenvalue weighted by molar-refractivity contribution is -0.136. The Bertz CT molecular complexity index is 2560. The van der Waals surface area contributed by atoms with Crippen LogP contribution in [0.2, 0.25) is 0 Å². The summed E-state index contributed by atoms with van der Waals surface area (Å²) >= 11 is 0. The molecule has 3 aromatic carbocycles. The van der Waals surface area contributed by atoms with Crippen molar-refractivity contribution < 1.29 is 56.9 Å². The first-order valence-electron chi connectivity index (χ1n) is 23.7. The number of imide groups is 2. The Kier molecular flexibility index (Phi) is 15.9. The fraction of sp³-hybridized carbons (Fsp3) is 0.451. The lowest BCUT2D eigenvalue weighted by Gasteiger charge is -2.32. The smallest absolute Gasteiger partial charge is 0.266 e.